The molecule has 1 atom stereocenters. The van der Waals surface area contributed by atoms with E-state index in [-0.39, 0.29) is 17.7 Å². The molecule has 0 radical (unpaired) electrons. The molecule has 2 aliphatic heterocycles. The van der Waals surface area contributed by atoms with Gasteiger partial charge in [-0.05, 0) is 44.2 Å². The summed E-state index contributed by atoms with van der Waals surface area (Å²) in [6, 6.07) is 7.62. The van der Waals surface area contributed by atoms with Crippen molar-refractivity contribution in [3.63, 3.8) is 0 Å². The topological polar surface area (TPSA) is 49.9 Å². The molecule has 2 fully saturated rings. The van der Waals surface area contributed by atoms with Crippen LogP contribution in [0.25, 0.3) is 0 Å². The van der Waals surface area contributed by atoms with E-state index in [9.17, 15) is 9.59 Å². The lowest BCUT2D eigenvalue weighted by atomic mass is 9.88. The van der Waals surface area contributed by atoms with Crippen LogP contribution in [-0.4, -0.2) is 42.5 Å². The molecule has 3 aliphatic rings. The Hall–Kier alpha value is -2.04. The number of hydrogen-bond donors (Lipinski definition) is 0. The Morgan fingerprint density at radius 2 is 1.58 bits per heavy atom. The minimum Gasteiger partial charge on any atom is -0.476 e. The van der Waals surface area contributed by atoms with Gasteiger partial charge >= 0.3 is 0 Å². The number of anilines is 1. The van der Waals surface area contributed by atoms with Crippen LogP contribution in [0.1, 0.15) is 51.4 Å². The second-order valence-corrected chi connectivity index (χ2v) is 7.74. The zero-order chi connectivity index (χ0) is 17.9. The lowest BCUT2D eigenvalue weighted by Crippen LogP contribution is -2.53. The first-order valence-corrected chi connectivity index (χ1v) is 10.1. The van der Waals surface area contributed by atoms with Gasteiger partial charge in [-0.1, -0.05) is 31.4 Å². The molecule has 2 amide bonds. The molecular weight excluding hydrogens is 328 g/mol. The molecule has 1 saturated carbocycles. The molecule has 0 N–H and O–H groups in total. The van der Waals surface area contributed by atoms with Gasteiger partial charge in [-0.15, -0.1) is 0 Å². The van der Waals surface area contributed by atoms with Crippen LogP contribution < -0.4 is 9.64 Å². The van der Waals surface area contributed by atoms with E-state index in [2.05, 4.69) is 0 Å². The first-order chi connectivity index (χ1) is 12.7. The van der Waals surface area contributed by atoms with E-state index < -0.39 is 6.10 Å². The summed E-state index contributed by atoms with van der Waals surface area (Å²) >= 11 is 0. The lowest BCUT2D eigenvalue weighted by molar-refractivity contribution is -0.139. The highest BCUT2D eigenvalue weighted by Crippen LogP contribution is 2.36. The maximum absolute atomic E-state index is 13.2. The molecular formula is C21H28N2O3. The smallest absolute Gasteiger partial charge is 0.265 e. The number of nitrogens with zero attached hydrogens (tertiary/aromatic N) is 2. The molecule has 140 valence electrons. The number of ether oxygens (including phenoxy) is 1. The number of benzene rings is 1. The minimum atomic E-state index is -0.587. The van der Waals surface area contributed by atoms with E-state index in [1.807, 2.05) is 34.1 Å². The summed E-state index contributed by atoms with van der Waals surface area (Å²) in [5.74, 6) is 0.927. The van der Waals surface area contributed by atoms with Crippen LogP contribution in [0.5, 0.6) is 5.75 Å². The number of rotatable bonds is 2. The Bertz CT molecular complexity index is 663. The van der Waals surface area contributed by atoms with Crippen LogP contribution in [0, 0.1) is 5.92 Å². The Labute approximate surface area is 155 Å². The third-order valence-electron chi connectivity index (χ3n) is 5.94. The molecule has 1 aliphatic carbocycles. The van der Waals surface area contributed by atoms with Gasteiger partial charge in [0.15, 0.2) is 6.10 Å². The lowest BCUT2D eigenvalue weighted by Gasteiger charge is -2.39. The molecule has 0 spiro atoms. The summed E-state index contributed by atoms with van der Waals surface area (Å²) in [6.07, 6.45) is 8.10. The SMILES string of the molecule is O=C([C@H]1CN(C(=O)C2CCCCC2)c2ccccc2O1)N1CCCCC1. The summed E-state index contributed by atoms with van der Waals surface area (Å²) in [4.78, 5) is 29.9. The van der Waals surface area contributed by atoms with Gasteiger partial charge in [-0.2, -0.15) is 0 Å². The van der Waals surface area contributed by atoms with Crippen LogP contribution in [0.4, 0.5) is 5.69 Å². The molecule has 0 aromatic heterocycles. The Morgan fingerprint density at radius 3 is 2.35 bits per heavy atom. The van der Waals surface area contributed by atoms with E-state index in [0.29, 0.717) is 12.3 Å². The van der Waals surface area contributed by atoms with Crippen molar-refractivity contribution >= 4 is 17.5 Å². The maximum atomic E-state index is 13.2. The Balaban J connectivity index is 1.56. The van der Waals surface area contributed by atoms with Gasteiger partial charge in [-0.25, -0.2) is 0 Å². The molecule has 0 bridgehead atoms. The van der Waals surface area contributed by atoms with Crippen molar-refractivity contribution in [3.05, 3.63) is 24.3 Å². The third kappa shape index (κ3) is 3.44. The average molecular weight is 356 g/mol. The first-order valence-electron chi connectivity index (χ1n) is 10.1. The predicted octanol–water partition coefficient (Wildman–Crippen LogP) is 3.37. The highest BCUT2D eigenvalue weighted by molar-refractivity contribution is 5.98. The van der Waals surface area contributed by atoms with Gasteiger partial charge in [0.25, 0.3) is 5.91 Å². The highest BCUT2D eigenvalue weighted by atomic mass is 16.5. The largest absolute Gasteiger partial charge is 0.476 e. The minimum absolute atomic E-state index is 0.0284. The summed E-state index contributed by atoms with van der Waals surface area (Å²) < 4.78 is 6.03. The summed E-state index contributed by atoms with van der Waals surface area (Å²) in [5.41, 5.74) is 0.811. The van der Waals surface area contributed by atoms with Gasteiger partial charge in [0.05, 0.1) is 12.2 Å². The van der Waals surface area contributed by atoms with Crippen molar-refractivity contribution in [1.29, 1.82) is 0 Å². The third-order valence-corrected chi connectivity index (χ3v) is 5.94. The highest BCUT2D eigenvalue weighted by Gasteiger charge is 2.38. The van der Waals surface area contributed by atoms with Gasteiger partial charge in [0.1, 0.15) is 5.75 Å². The number of fused-ring (bicyclic) bond motifs is 1. The fourth-order valence-electron chi connectivity index (χ4n) is 4.46. The van der Waals surface area contributed by atoms with Crippen LogP contribution in [0.3, 0.4) is 0 Å². The monoisotopic (exact) mass is 356 g/mol. The zero-order valence-electron chi connectivity index (χ0n) is 15.4. The predicted molar refractivity (Wildman–Crippen MR) is 100 cm³/mol. The maximum Gasteiger partial charge on any atom is 0.265 e. The molecule has 0 unspecified atom stereocenters. The molecule has 5 heteroatoms. The van der Waals surface area contributed by atoms with Gasteiger partial charge < -0.3 is 14.5 Å². The molecule has 1 aromatic carbocycles. The van der Waals surface area contributed by atoms with Crippen molar-refractivity contribution in [2.75, 3.05) is 24.5 Å². The second-order valence-electron chi connectivity index (χ2n) is 7.74. The van der Waals surface area contributed by atoms with Gasteiger partial charge in [0.2, 0.25) is 5.91 Å². The molecule has 26 heavy (non-hydrogen) atoms. The van der Waals surface area contributed by atoms with Crippen LogP contribution in [0.2, 0.25) is 0 Å². The van der Waals surface area contributed by atoms with Crippen molar-refractivity contribution in [2.24, 2.45) is 5.92 Å². The fourth-order valence-corrected chi connectivity index (χ4v) is 4.46. The van der Waals surface area contributed by atoms with Crippen LogP contribution in [0.15, 0.2) is 24.3 Å². The van der Waals surface area contributed by atoms with Crippen molar-refractivity contribution in [2.45, 2.75) is 57.5 Å². The number of hydrogen-bond acceptors (Lipinski definition) is 3. The van der Waals surface area contributed by atoms with Crippen molar-refractivity contribution in [3.8, 4) is 5.75 Å². The van der Waals surface area contributed by atoms with Crippen LogP contribution in [-0.2, 0) is 9.59 Å². The second kappa shape index (κ2) is 7.68. The normalized spacial score (nSPS) is 23.9. The summed E-state index contributed by atoms with van der Waals surface area (Å²) in [7, 11) is 0. The van der Waals surface area contributed by atoms with Crippen LogP contribution >= 0.6 is 0 Å². The molecule has 4 rings (SSSR count). The quantitative estimate of drug-likeness (QED) is 0.816. The van der Waals surface area contributed by atoms with E-state index in [1.165, 1.54) is 12.8 Å². The summed E-state index contributed by atoms with van der Waals surface area (Å²) in [6.45, 7) is 1.94. The number of carbonyl (C=O) groups is 2. The number of likely N-dealkylation sites (tertiary alicyclic amines) is 1. The molecule has 1 aromatic rings. The number of amides is 2. The Morgan fingerprint density at radius 1 is 0.885 bits per heavy atom. The standard InChI is InChI=1S/C21H28N2O3/c24-20(16-9-3-1-4-10-16)23-15-19(21(25)22-13-7-2-8-14-22)26-18-12-6-5-11-17(18)23/h5-6,11-12,16,19H,1-4,7-10,13-15H2/t19-/m1/s1. The van der Waals surface area contributed by atoms with Gasteiger partial charge in [-0.3, -0.25) is 9.59 Å². The summed E-state index contributed by atoms with van der Waals surface area (Å²) in [5, 5.41) is 0. The van der Waals surface area contributed by atoms with E-state index in [0.717, 1.165) is 57.3 Å². The Kier molecular flexibility index (Phi) is 5.14. The van der Waals surface area contributed by atoms with Gasteiger partial charge in [0, 0.05) is 19.0 Å². The first kappa shape index (κ1) is 17.4. The molecule has 2 heterocycles. The van der Waals surface area contributed by atoms with E-state index in [1.54, 1.807) is 0 Å². The number of carbonyl (C=O) groups excluding carboxylic acids is 2. The van der Waals surface area contributed by atoms with E-state index in [4.69, 9.17) is 4.74 Å². The molecule has 5 nitrogen and oxygen atoms in total. The van der Waals surface area contributed by atoms with E-state index >= 15 is 0 Å². The van der Waals surface area contributed by atoms with Crippen molar-refractivity contribution in [1.82, 2.24) is 4.90 Å². The zero-order valence-corrected chi connectivity index (χ0v) is 15.4. The number of piperidine rings is 1. The van der Waals surface area contributed by atoms with Crippen molar-refractivity contribution < 1.29 is 14.3 Å². The molecule has 1 saturated heterocycles. The number of para-hydroxylation sites is 2. The average Bonchev–Trinajstić information content (AvgIpc) is 2.73. The fraction of sp³-hybridized carbons (Fsp3) is 0.619.